The van der Waals surface area contributed by atoms with E-state index in [2.05, 4.69) is 21.7 Å². The fourth-order valence-corrected chi connectivity index (χ4v) is 3.33. The fourth-order valence-electron chi connectivity index (χ4n) is 2.76. The number of H-pyrrole nitrogens is 1. The zero-order valence-corrected chi connectivity index (χ0v) is 15.7. The van der Waals surface area contributed by atoms with Gasteiger partial charge in [-0.05, 0) is 30.7 Å². The number of nitriles is 1. The Morgan fingerprint density at radius 3 is 2.92 bits per heavy atom. The van der Waals surface area contributed by atoms with E-state index in [4.69, 9.17) is 5.26 Å². The van der Waals surface area contributed by atoms with Gasteiger partial charge in [-0.25, -0.2) is 0 Å². The Bertz CT molecular complexity index is 781. The number of rotatable bonds is 10. The maximum absolute atomic E-state index is 12.2. The zero-order valence-electron chi connectivity index (χ0n) is 14.9. The molecule has 0 radical (unpaired) electrons. The molecule has 0 saturated carbocycles. The van der Waals surface area contributed by atoms with E-state index in [1.807, 2.05) is 36.7 Å². The number of nitrogens with zero attached hydrogens (tertiary/aromatic N) is 1. The molecule has 0 fully saturated rings. The van der Waals surface area contributed by atoms with E-state index in [1.165, 1.54) is 22.7 Å². The normalized spacial score (nSPS) is 11.7. The van der Waals surface area contributed by atoms with Gasteiger partial charge in [0.1, 0.15) is 6.04 Å². The average molecular weight is 372 g/mol. The predicted octanol–water partition coefficient (Wildman–Crippen LogP) is 2.37. The molecule has 0 aliphatic heterocycles. The first-order valence-corrected chi connectivity index (χ1v) is 10.0. The van der Waals surface area contributed by atoms with Crippen molar-refractivity contribution in [1.82, 2.24) is 15.6 Å². The Hall–Kier alpha value is -2.46. The summed E-state index contributed by atoms with van der Waals surface area (Å²) in [6.07, 6.45) is 6.03. The number of hydrogen-bond donors (Lipinski definition) is 3. The summed E-state index contributed by atoms with van der Waals surface area (Å²) in [4.78, 5) is 27.5. The van der Waals surface area contributed by atoms with E-state index in [-0.39, 0.29) is 18.2 Å². The fraction of sp³-hybridized carbons (Fsp3) is 0.421. The van der Waals surface area contributed by atoms with Gasteiger partial charge in [-0.15, -0.1) is 0 Å². The molecule has 3 N–H and O–H groups in total. The van der Waals surface area contributed by atoms with Gasteiger partial charge in [0.15, 0.2) is 0 Å². The van der Waals surface area contributed by atoms with Gasteiger partial charge >= 0.3 is 0 Å². The highest BCUT2D eigenvalue weighted by molar-refractivity contribution is 7.98. The lowest BCUT2D eigenvalue weighted by Gasteiger charge is -2.17. The molecule has 0 aliphatic rings. The van der Waals surface area contributed by atoms with Gasteiger partial charge in [0.25, 0.3) is 0 Å². The SMILES string of the molecule is CSCC(NC(=O)CCCc1c[nH]c2ccccc12)C(=O)NCCC#N. The monoisotopic (exact) mass is 372 g/mol. The molecule has 2 rings (SSSR count). The lowest BCUT2D eigenvalue weighted by atomic mass is 10.1. The number of carbonyl (C=O) groups excluding carboxylic acids is 2. The molecule has 0 aliphatic carbocycles. The van der Waals surface area contributed by atoms with E-state index in [1.54, 1.807) is 0 Å². The van der Waals surface area contributed by atoms with Crippen LogP contribution in [0.3, 0.4) is 0 Å². The van der Waals surface area contributed by atoms with E-state index in [9.17, 15) is 9.59 Å². The first-order valence-electron chi connectivity index (χ1n) is 8.63. The largest absolute Gasteiger partial charge is 0.361 e. The Labute approximate surface area is 157 Å². The third-order valence-corrected chi connectivity index (χ3v) is 4.71. The summed E-state index contributed by atoms with van der Waals surface area (Å²) < 4.78 is 0. The van der Waals surface area contributed by atoms with E-state index < -0.39 is 6.04 Å². The number of nitrogens with one attached hydrogen (secondary N) is 3. The molecule has 1 aromatic carbocycles. The van der Waals surface area contributed by atoms with Crippen molar-refractivity contribution >= 4 is 34.5 Å². The standard InChI is InChI=1S/C19H24N4O2S/c1-26-13-17(19(25)21-11-5-10-20)23-18(24)9-4-6-14-12-22-16-8-3-2-7-15(14)16/h2-3,7-8,12,17,22H,4-6,9,11,13H2,1H3,(H,21,25)(H,23,24). The lowest BCUT2D eigenvalue weighted by Crippen LogP contribution is -2.48. The van der Waals surface area contributed by atoms with Crippen molar-refractivity contribution in [2.75, 3.05) is 18.6 Å². The third kappa shape index (κ3) is 5.81. The topological polar surface area (TPSA) is 97.8 Å². The molecule has 1 heterocycles. The summed E-state index contributed by atoms with van der Waals surface area (Å²) in [5, 5.41) is 15.2. The Morgan fingerprint density at radius 2 is 2.15 bits per heavy atom. The second-order valence-electron chi connectivity index (χ2n) is 5.99. The van der Waals surface area contributed by atoms with Crippen LogP contribution in [-0.4, -0.2) is 41.4 Å². The van der Waals surface area contributed by atoms with Crippen LogP contribution < -0.4 is 10.6 Å². The van der Waals surface area contributed by atoms with Gasteiger partial charge in [0.2, 0.25) is 11.8 Å². The van der Waals surface area contributed by atoms with Crippen molar-refractivity contribution in [3.63, 3.8) is 0 Å². The Morgan fingerprint density at radius 1 is 1.35 bits per heavy atom. The maximum atomic E-state index is 12.2. The van der Waals surface area contributed by atoms with Gasteiger partial charge in [0.05, 0.1) is 12.5 Å². The quantitative estimate of drug-likeness (QED) is 0.558. The summed E-state index contributed by atoms with van der Waals surface area (Å²) in [7, 11) is 0. The van der Waals surface area contributed by atoms with Gasteiger partial charge in [-0.3, -0.25) is 9.59 Å². The Kier molecular flexibility index (Phi) is 8.03. The van der Waals surface area contributed by atoms with Crippen molar-refractivity contribution in [3.05, 3.63) is 36.0 Å². The van der Waals surface area contributed by atoms with Crippen LogP contribution in [0.25, 0.3) is 10.9 Å². The second-order valence-corrected chi connectivity index (χ2v) is 6.90. The molecule has 1 aromatic heterocycles. The molecule has 6 nitrogen and oxygen atoms in total. The molecule has 1 unspecified atom stereocenters. The number of para-hydroxylation sites is 1. The molecule has 2 amide bonds. The number of benzene rings is 1. The highest BCUT2D eigenvalue weighted by Crippen LogP contribution is 2.19. The number of hydrogen-bond acceptors (Lipinski definition) is 4. The number of fused-ring (bicyclic) bond motifs is 1. The van der Waals surface area contributed by atoms with Crippen molar-refractivity contribution < 1.29 is 9.59 Å². The first-order chi connectivity index (χ1) is 12.7. The van der Waals surface area contributed by atoms with Crippen LogP contribution >= 0.6 is 11.8 Å². The molecule has 1 atom stereocenters. The van der Waals surface area contributed by atoms with Crippen LogP contribution in [-0.2, 0) is 16.0 Å². The summed E-state index contributed by atoms with van der Waals surface area (Å²) in [5.74, 6) is 0.144. The molecule has 26 heavy (non-hydrogen) atoms. The molecular weight excluding hydrogens is 348 g/mol. The minimum atomic E-state index is -0.565. The molecule has 138 valence electrons. The van der Waals surface area contributed by atoms with Crippen LogP contribution in [0.2, 0.25) is 0 Å². The molecule has 0 saturated heterocycles. The molecule has 0 bridgehead atoms. The number of aromatic amines is 1. The van der Waals surface area contributed by atoms with Crippen LogP contribution in [0.4, 0.5) is 0 Å². The van der Waals surface area contributed by atoms with Crippen molar-refractivity contribution in [1.29, 1.82) is 5.26 Å². The third-order valence-electron chi connectivity index (χ3n) is 4.05. The van der Waals surface area contributed by atoms with Gasteiger partial charge < -0.3 is 15.6 Å². The smallest absolute Gasteiger partial charge is 0.243 e. The highest BCUT2D eigenvalue weighted by Gasteiger charge is 2.19. The Balaban J connectivity index is 1.80. The summed E-state index contributed by atoms with van der Waals surface area (Å²) in [5.41, 5.74) is 2.30. The zero-order chi connectivity index (χ0) is 18.8. The second kappa shape index (κ2) is 10.5. The van der Waals surface area contributed by atoms with Crippen molar-refractivity contribution in [3.8, 4) is 6.07 Å². The van der Waals surface area contributed by atoms with E-state index in [0.29, 0.717) is 18.7 Å². The minimum absolute atomic E-state index is 0.126. The van der Waals surface area contributed by atoms with Gasteiger partial charge in [0, 0.05) is 35.8 Å². The van der Waals surface area contributed by atoms with E-state index >= 15 is 0 Å². The van der Waals surface area contributed by atoms with Crippen LogP contribution in [0.5, 0.6) is 0 Å². The molecular formula is C19H24N4O2S. The van der Waals surface area contributed by atoms with Gasteiger partial charge in [-0.1, -0.05) is 18.2 Å². The summed E-state index contributed by atoms with van der Waals surface area (Å²) in [6, 6.07) is 9.51. The first kappa shape index (κ1) is 19.9. The summed E-state index contributed by atoms with van der Waals surface area (Å²) >= 11 is 1.50. The average Bonchev–Trinajstić information content (AvgIpc) is 3.05. The van der Waals surface area contributed by atoms with Gasteiger partial charge in [-0.2, -0.15) is 17.0 Å². The van der Waals surface area contributed by atoms with Crippen LogP contribution in [0.15, 0.2) is 30.5 Å². The minimum Gasteiger partial charge on any atom is -0.361 e. The molecule has 0 spiro atoms. The van der Waals surface area contributed by atoms with Crippen LogP contribution in [0, 0.1) is 11.3 Å². The molecule has 2 aromatic rings. The number of amides is 2. The predicted molar refractivity (Wildman–Crippen MR) is 105 cm³/mol. The van der Waals surface area contributed by atoms with Crippen molar-refractivity contribution in [2.45, 2.75) is 31.7 Å². The molecule has 7 heteroatoms. The van der Waals surface area contributed by atoms with Crippen molar-refractivity contribution in [2.24, 2.45) is 0 Å². The summed E-state index contributed by atoms with van der Waals surface area (Å²) in [6.45, 7) is 0.302. The number of thioether (sulfide) groups is 1. The number of carbonyl (C=O) groups is 2. The highest BCUT2D eigenvalue weighted by atomic mass is 32.2. The van der Waals surface area contributed by atoms with E-state index in [0.717, 1.165) is 18.4 Å². The lowest BCUT2D eigenvalue weighted by molar-refractivity contribution is -0.128. The number of aryl methyl sites for hydroxylation is 1. The maximum Gasteiger partial charge on any atom is 0.243 e. The van der Waals surface area contributed by atoms with Crippen LogP contribution in [0.1, 0.15) is 24.8 Å². The number of aromatic nitrogens is 1.